The maximum Gasteiger partial charge on any atom is 0.269 e. The molecular weight excluding hydrogens is 358 g/mol. The van der Waals surface area contributed by atoms with Gasteiger partial charge in [0, 0.05) is 36.6 Å². The number of amides is 1. The Morgan fingerprint density at radius 1 is 1.07 bits per heavy atom. The van der Waals surface area contributed by atoms with Crippen molar-refractivity contribution in [2.75, 3.05) is 11.4 Å². The molecule has 1 aromatic heterocycles. The number of nitro benzene ring substituents is 1. The summed E-state index contributed by atoms with van der Waals surface area (Å²) in [7, 11) is 0. The summed E-state index contributed by atoms with van der Waals surface area (Å²) in [6, 6.07) is 18.2. The zero-order chi connectivity index (χ0) is 20.1. The quantitative estimate of drug-likeness (QED) is 0.486. The number of hydrogen-bond donors (Lipinski definition) is 0. The van der Waals surface area contributed by atoms with Crippen LogP contribution in [0.5, 0.6) is 0 Å². The lowest BCUT2D eigenvalue weighted by Gasteiger charge is -2.21. The standard InChI is InChI=1S/C21H19N3O4/c1-2-23(18-8-4-3-5-9-18)21(26)17-11-12-20(25)22(15-17)14-16-7-6-10-19(13-16)24(27)28/h3-13,15H,2,14H2,1H3. The van der Waals surface area contributed by atoms with Crippen molar-refractivity contribution in [3.63, 3.8) is 0 Å². The number of anilines is 1. The van der Waals surface area contributed by atoms with E-state index in [0.717, 1.165) is 5.69 Å². The van der Waals surface area contributed by atoms with Crippen LogP contribution < -0.4 is 10.5 Å². The third kappa shape index (κ3) is 4.15. The number of nitro groups is 1. The second-order valence-electron chi connectivity index (χ2n) is 6.20. The average Bonchev–Trinajstić information content (AvgIpc) is 2.71. The Morgan fingerprint density at radius 2 is 1.82 bits per heavy atom. The molecule has 0 spiro atoms. The molecule has 0 radical (unpaired) electrons. The van der Waals surface area contributed by atoms with E-state index in [1.165, 1.54) is 35.0 Å². The first-order chi connectivity index (χ1) is 13.5. The van der Waals surface area contributed by atoms with Gasteiger partial charge < -0.3 is 9.47 Å². The van der Waals surface area contributed by atoms with E-state index in [-0.39, 0.29) is 23.7 Å². The fraction of sp³-hybridized carbons (Fsp3) is 0.143. The number of benzene rings is 2. The van der Waals surface area contributed by atoms with Gasteiger partial charge in [-0.05, 0) is 30.7 Å². The smallest absolute Gasteiger partial charge is 0.269 e. The first kappa shape index (κ1) is 19.0. The van der Waals surface area contributed by atoms with Gasteiger partial charge in [-0.2, -0.15) is 0 Å². The zero-order valence-electron chi connectivity index (χ0n) is 15.3. The summed E-state index contributed by atoms with van der Waals surface area (Å²) >= 11 is 0. The molecule has 0 atom stereocenters. The Balaban J connectivity index is 1.91. The van der Waals surface area contributed by atoms with Gasteiger partial charge in [0.25, 0.3) is 17.2 Å². The van der Waals surface area contributed by atoms with Crippen molar-refractivity contribution >= 4 is 17.3 Å². The van der Waals surface area contributed by atoms with Crippen LogP contribution in [0.25, 0.3) is 0 Å². The molecule has 0 N–H and O–H groups in total. The summed E-state index contributed by atoms with van der Waals surface area (Å²) in [6.45, 7) is 2.50. The van der Waals surface area contributed by atoms with Crippen molar-refractivity contribution in [3.8, 4) is 0 Å². The molecule has 1 heterocycles. The van der Waals surface area contributed by atoms with Crippen LogP contribution in [0.2, 0.25) is 0 Å². The molecule has 0 aliphatic heterocycles. The lowest BCUT2D eigenvalue weighted by atomic mass is 10.2. The first-order valence-corrected chi connectivity index (χ1v) is 8.80. The lowest BCUT2D eigenvalue weighted by Crippen LogP contribution is -2.32. The molecule has 2 aromatic carbocycles. The number of pyridine rings is 1. The topological polar surface area (TPSA) is 85.5 Å². The minimum atomic E-state index is -0.481. The third-order valence-electron chi connectivity index (χ3n) is 4.33. The minimum Gasteiger partial charge on any atom is -0.310 e. The Labute approximate surface area is 161 Å². The number of para-hydroxylation sites is 1. The van der Waals surface area contributed by atoms with Crippen molar-refractivity contribution in [2.24, 2.45) is 0 Å². The number of rotatable bonds is 6. The molecule has 0 unspecified atom stereocenters. The van der Waals surface area contributed by atoms with Crippen molar-refractivity contribution in [1.82, 2.24) is 4.57 Å². The number of carbonyl (C=O) groups excluding carboxylic acids is 1. The van der Waals surface area contributed by atoms with E-state index in [1.54, 1.807) is 17.0 Å². The van der Waals surface area contributed by atoms with Crippen LogP contribution in [0.15, 0.2) is 77.7 Å². The van der Waals surface area contributed by atoms with Gasteiger partial charge in [-0.25, -0.2) is 0 Å². The number of hydrogen-bond acceptors (Lipinski definition) is 4. The van der Waals surface area contributed by atoms with Gasteiger partial charge in [0.05, 0.1) is 17.0 Å². The van der Waals surface area contributed by atoms with Gasteiger partial charge in [0.15, 0.2) is 0 Å². The van der Waals surface area contributed by atoms with Crippen LogP contribution in [0.1, 0.15) is 22.8 Å². The largest absolute Gasteiger partial charge is 0.310 e. The summed E-state index contributed by atoms with van der Waals surface area (Å²) in [5, 5.41) is 10.9. The van der Waals surface area contributed by atoms with Crippen LogP contribution in [0.3, 0.4) is 0 Å². The van der Waals surface area contributed by atoms with Gasteiger partial charge in [-0.15, -0.1) is 0 Å². The molecule has 0 saturated heterocycles. The van der Waals surface area contributed by atoms with E-state index in [0.29, 0.717) is 17.7 Å². The highest BCUT2D eigenvalue weighted by Crippen LogP contribution is 2.17. The second kappa shape index (κ2) is 8.30. The Kier molecular flexibility index (Phi) is 5.64. The summed E-state index contributed by atoms with van der Waals surface area (Å²) in [5.41, 5.74) is 1.42. The van der Waals surface area contributed by atoms with E-state index < -0.39 is 4.92 Å². The highest BCUT2D eigenvalue weighted by atomic mass is 16.6. The Hall–Kier alpha value is -3.74. The van der Waals surface area contributed by atoms with E-state index in [9.17, 15) is 19.7 Å². The highest BCUT2D eigenvalue weighted by Gasteiger charge is 2.17. The Morgan fingerprint density at radius 3 is 2.50 bits per heavy atom. The second-order valence-corrected chi connectivity index (χ2v) is 6.20. The van der Waals surface area contributed by atoms with Gasteiger partial charge in [-0.3, -0.25) is 19.7 Å². The maximum absolute atomic E-state index is 13.0. The van der Waals surface area contributed by atoms with Gasteiger partial charge >= 0.3 is 0 Å². The maximum atomic E-state index is 13.0. The predicted molar refractivity (Wildman–Crippen MR) is 107 cm³/mol. The van der Waals surface area contributed by atoms with E-state index in [4.69, 9.17) is 0 Å². The van der Waals surface area contributed by atoms with Gasteiger partial charge in [0.1, 0.15) is 0 Å². The van der Waals surface area contributed by atoms with Crippen molar-refractivity contribution < 1.29 is 9.72 Å². The molecule has 3 rings (SSSR count). The first-order valence-electron chi connectivity index (χ1n) is 8.80. The van der Waals surface area contributed by atoms with Gasteiger partial charge in [0.2, 0.25) is 0 Å². The Bertz CT molecular complexity index is 1060. The van der Waals surface area contributed by atoms with E-state index in [2.05, 4.69) is 0 Å². The molecule has 0 fully saturated rings. The van der Waals surface area contributed by atoms with Crippen LogP contribution in [0, 0.1) is 10.1 Å². The molecule has 0 saturated carbocycles. The fourth-order valence-corrected chi connectivity index (χ4v) is 2.95. The zero-order valence-corrected chi connectivity index (χ0v) is 15.3. The summed E-state index contributed by atoms with van der Waals surface area (Å²) < 4.78 is 1.38. The monoisotopic (exact) mass is 377 g/mol. The molecule has 3 aromatic rings. The van der Waals surface area contributed by atoms with Crippen LogP contribution >= 0.6 is 0 Å². The van der Waals surface area contributed by atoms with Crippen LogP contribution in [-0.2, 0) is 6.54 Å². The SMILES string of the molecule is CCN(C(=O)c1ccc(=O)n(Cc2cccc([N+](=O)[O-])c2)c1)c1ccccc1. The van der Waals surface area contributed by atoms with Crippen LogP contribution in [-0.4, -0.2) is 21.9 Å². The molecule has 1 amide bonds. The number of carbonyl (C=O) groups is 1. The average molecular weight is 377 g/mol. The summed E-state index contributed by atoms with van der Waals surface area (Å²) in [6.07, 6.45) is 1.50. The number of aromatic nitrogens is 1. The van der Waals surface area contributed by atoms with Crippen LogP contribution in [0.4, 0.5) is 11.4 Å². The molecular formula is C21H19N3O4. The summed E-state index contributed by atoms with van der Waals surface area (Å²) in [5.74, 6) is -0.221. The molecule has 142 valence electrons. The molecule has 0 aliphatic rings. The third-order valence-corrected chi connectivity index (χ3v) is 4.33. The van der Waals surface area contributed by atoms with Crippen molar-refractivity contribution in [2.45, 2.75) is 13.5 Å². The van der Waals surface area contributed by atoms with Gasteiger partial charge in [-0.1, -0.05) is 30.3 Å². The molecule has 0 bridgehead atoms. The number of non-ortho nitro benzene ring substituents is 1. The highest BCUT2D eigenvalue weighted by molar-refractivity contribution is 6.05. The molecule has 0 aliphatic carbocycles. The van der Waals surface area contributed by atoms with E-state index >= 15 is 0 Å². The molecule has 7 nitrogen and oxygen atoms in total. The lowest BCUT2D eigenvalue weighted by molar-refractivity contribution is -0.384. The minimum absolute atomic E-state index is 0.0426. The fourth-order valence-electron chi connectivity index (χ4n) is 2.95. The summed E-state index contributed by atoms with van der Waals surface area (Å²) in [4.78, 5) is 37.3. The molecule has 7 heteroatoms. The van der Waals surface area contributed by atoms with Crippen molar-refractivity contribution in [1.29, 1.82) is 0 Å². The van der Waals surface area contributed by atoms with Crippen molar-refractivity contribution in [3.05, 3.63) is 105 Å². The normalized spacial score (nSPS) is 10.5. The van der Waals surface area contributed by atoms with E-state index in [1.807, 2.05) is 37.3 Å². The predicted octanol–water partition coefficient (Wildman–Crippen LogP) is 3.47. The molecule has 28 heavy (non-hydrogen) atoms. The number of nitrogens with zero attached hydrogens (tertiary/aromatic N) is 3.